The first kappa shape index (κ1) is 19.0. The number of carbonyl (C=O) groups excluding carboxylic acids is 1. The molecule has 1 saturated heterocycles. The van der Waals surface area contributed by atoms with E-state index in [0.29, 0.717) is 17.2 Å². The molecular weight excluding hydrogens is 342 g/mol. The third-order valence-corrected chi connectivity index (χ3v) is 4.99. The van der Waals surface area contributed by atoms with Crippen molar-refractivity contribution < 1.29 is 19.4 Å². The van der Waals surface area contributed by atoms with Crippen LogP contribution in [0.15, 0.2) is 42.5 Å². The Morgan fingerprint density at radius 1 is 1.15 bits per heavy atom. The molecule has 1 fully saturated rings. The zero-order valence-corrected chi connectivity index (χ0v) is 15.8. The van der Waals surface area contributed by atoms with Gasteiger partial charge in [0.1, 0.15) is 5.75 Å². The van der Waals surface area contributed by atoms with Gasteiger partial charge in [0.2, 0.25) is 0 Å². The molecule has 0 radical (unpaired) electrons. The molecule has 1 amide bonds. The Morgan fingerprint density at radius 3 is 2.44 bits per heavy atom. The molecule has 1 heterocycles. The van der Waals surface area contributed by atoms with Crippen LogP contribution in [0, 0.1) is 19.8 Å². The molecule has 0 aromatic heterocycles. The number of amides is 1. The standard InChI is InChI=1S/C22H25NO4/c1-15-10-19(11-16(2)21(15)27-14-20(24)25)22(26)23-9-8-18(13-23)12-17-6-4-3-5-7-17/h3-7,10-11,18H,8-9,12-14H2,1-2H3,(H,24,25). The molecular formula is C22H25NO4. The maximum absolute atomic E-state index is 12.9. The summed E-state index contributed by atoms with van der Waals surface area (Å²) < 4.78 is 5.35. The monoisotopic (exact) mass is 367 g/mol. The third-order valence-electron chi connectivity index (χ3n) is 4.99. The summed E-state index contributed by atoms with van der Waals surface area (Å²) in [7, 11) is 0. The summed E-state index contributed by atoms with van der Waals surface area (Å²) in [6, 6.07) is 14.0. The molecule has 1 atom stereocenters. The van der Waals surface area contributed by atoms with Crippen LogP contribution in [0.3, 0.4) is 0 Å². The van der Waals surface area contributed by atoms with Crippen molar-refractivity contribution in [3.05, 3.63) is 64.7 Å². The largest absolute Gasteiger partial charge is 0.481 e. The van der Waals surface area contributed by atoms with E-state index in [9.17, 15) is 9.59 Å². The van der Waals surface area contributed by atoms with Gasteiger partial charge in [-0.25, -0.2) is 4.79 Å². The van der Waals surface area contributed by atoms with Crippen LogP contribution in [0.25, 0.3) is 0 Å². The first-order valence-electron chi connectivity index (χ1n) is 9.23. The van der Waals surface area contributed by atoms with Gasteiger partial charge in [-0.1, -0.05) is 30.3 Å². The number of benzene rings is 2. The number of aliphatic carboxylic acids is 1. The highest BCUT2D eigenvalue weighted by Crippen LogP contribution is 2.27. The quantitative estimate of drug-likeness (QED) is 0.849. The average Bonchev–Trinajstić information content (AvgIpc) is 3.09. The molecule has 1 aliphatic rings. The zero-order chi connectivity index (χ0) is 19.4. The van der Waals surface area contributed by atoms with Crippen molar-refractivity contribution in [1.29, 1.82) is 0 Å². The van der Waals surface area contributed by atoms with Gasteiger partial charge in [-0.3, -0.25) is 4.79 Å². The minimum Gasteiger partial charge on any atom is -0.481 e. The number of carboxylic acid groups (broad SMARTS) is 1. The van der Waals surface area contributed by atoms with E-state index in [2.05, 4.69) is 12.1 Å². The van der Waals surface area contributed by atoms with Crippen LogP contribution in [-0.4, -0.2) is 41.6 Å². The molecule has 1 N–H and O–H groups in total. The minimum atomic E-state index is -1.02. The highest BCUT2D eigenvalue weighted by molar-refractivity contribution is 5.95. The average molecular weight is 367 g/mol. The van der Waals surface area contributed by atoms with E-state index in [-0.39, 0.29) is 12.5 Å². The van der Waals surface area contributed by atoms with Gasteiger partial charge in [0, 0.05) is 18.7 Å². The molecule has 2 aromatic rings. The smallest absolute Gasteiger partial charge is 0.341 e. The predicted molar refractivity (Wildman–Crippen MR) is 103 cm³/mol. The van der Waals surface area contributed by atoms with Gasteiger partial charge in [-0.15, -0.1) is 0 Å². The van der Waals surface area contributed by atoms with E-state index < -0.39 is 5.97 Å². The fraction of sp³-hybridized carbons (Fsp3) is 0.364. The maximum atomic E-state index is 12.9. The minimum absolute atomic E-state index is 0.0292. The molecule has 2 aromatic carbocycles. The fourth-order valence-electron chi connectivity index (χ4n) is 3.75. The molecule has 5 heteroatoms. The van der Waals surface area contributed by atoms with Gasteiger partial charge >= 0.3 is 5.97 Å². The van der Waals surface area contributed by atoms with Crippen molar-refractivity contribution in [1.82, 2.24) is 4.90 Å². The Labute approximate surface area is 159 Å². The van der Waals surface area contributed by atoms with Gasteiger partial charge in [0.15, 0.2) is 6.61 Å². The fourth-order valence-corrected chi connectivity index (χ4v) is 3.75. The van der Waals surface area contributed by atoms with Crippen molar-refractivity contribution in [2.75, 3.05) is 19.7 Å². The molecule has 0 bridgehead atoms. The SMILES string of the molecule is Cc1cc(C(=O)N2CCC(Cc3ccccc3)C2)cc(C)c1OCC(=O)O. The molecule has 1 unspecified atom stereocenters. The Balaban J connectivity index is 1.66. The summed E-state index contributed by atoms with van der Waals surface area (Å²) in [5.74, 6) is 0.0334. The summed E-state index contributed by atoms with van der Waals surface area (Å²) in [4.78, 5) is 25.6. The molecule has 1 aliphatic heterocycles. The van der Waals surface area contributed by atoms with Gasteiger partial charge in [0.05, 0.1) is 0 Å². The number of hydrogen-bond acceptors (Lipinski definition) is 3. The Bertz CT molecular complexity index is 808. The second kappa shape index (κ2) is 8.25. The van der Waals surface area contributed by atoms with Crippen LogP contribution in [0.5, 0.6) is 5.75 Å². The molecule has 0 aliphatic carbocycles. The number of hydrogen-bond donors (Lipinski definition) is 1. The summed E-state index contributed by atoms with van der Waals surface area (Å²) in [6.45, 7) is 4.82. The third kappa shape index (κ3) is 4.67. The van der Waals surface area contributed by atoms with E-state index in [1.165, 1.54) is 5.56 Å². The first-order chi connectivity index (χ1) is 12.9. The Morgan fingerprint density at radius 2 is 1.81 bits per heavy atom. The van der Waals surface area contributed by atoms with Crippen LogP contribution in [0.4, 0.5) is 0 Å². The van der Waals surface area contributed by atoms with Crippen molar-refractivity contribution in [2.45, 2.75) is 26.7 Å². The van der Waals surface area contributed by atoms with Gasteiger partial charge in [0.25, 0.3) is 5.91 Å². The summed E-state index contributed by atoms with van der Waals surface area (Å²) in [6.07, 6.45) is 2.00. The van der Waals surface area contributed by atoms with Crippen molar-refractivity contribution in [2.24, 2.45) is 5.92 Å². The molecule has 0 saturated carbocycles. The molecule has 27 heavy (non-hydrogen) atoms. The van der Waals surface area contributed by atoms with Crippen LogP contribution < -0.4 is 4.74 Å². The topological polar surface area (TPSA) is 66.8 Å². The van der Waals surface area contributed by atoms with E-state index in [0.717, 1.165) is 37.1 Å². The van der Waals surface area contributed by atoms with Crippen LogP contribution in [0.2, 0.25) is 0 Å². The Hall–Kier alpha value is -2.82. The lowest BCUT2D eigenvalue weighted by molar-refractivity contribution is -0.139. The highest BCUT2D eigenvalue weighted by atomic mass is 16.5. The number of likely N-dealkylation sites (tertiary alicyclic amines) is 1. The first-order valence-corrected chi connectivity index (χ1v) is 9.23. The summed E-state index contributed by atoms with van der Waals surface area (Å²) >= 11 is 0. The molecule has 3 rings (SSSR count). The number of rotatable bonds is 6. The van der Waals surface area contributed by atoms with Crippen molar-refractivity contribution in [3.8, 4) is 5.75 Å². The summed E-state index contributed by atoms with van der Waals surface area (Å²) in [5.41, 5.74) is 3.50. The van der Waals surface area contributed by atoms with E-state index in [1.807, 2.05) is 36.9 Å². The van der Waals surface area contributed by atoms with Crippen molar-refractivity contribution >= 4 is 11.9 Å². The molecule has 142 valence electrons. The zero-order valence-electron chi connectivity index (χ0n) is 15.8. The van der Waals surface area contributed by atoms with E-state index in [4.69, 9.17) is 9.84 Å². The number of ether oxygens (including phenoxy) is 1. The summed E-state index contributed by atoms with van der Waals surface area (Å²) in [5, 5.41) is 8.79. The number of carboxylic acids is 1. The van der Waals surface area contributed by atoms with Gasteiger partial charge in [-0.05, 0) is 61.4 Å². The van der Waals surface area contributed by atoms with Crippen LogP contribution in [0.1, 0.15) is 33.5 Å². The number of nitrogens with zero attached hydrogens (tertiary/aromatic N) is 1. The van der Waals surface area contributed by atoms with Gasteiger partial charge in [-0.2, -0.15) is 0 Å². The lowest BCUT2D eigenvalue weighted by Crippen LogP contribution is -2.29. The second-order valence-electron chi connectivity index (χ2n) is 7.22. The predicted octanol–water partition coefficient (Wildman–Crippen LogP) is 3.47. The highest BCUT2D eigenvalue weighted by Gasteiger charge is 2.27. The lowest BCUT2D eigenvalue weighted by atomic mass is 9.99. The lowest BCUT2D eigenvalue weighted by Gasteiger charge is -2.19. The van der Waals surface area contributed by atoms with Crippen molar-refractivity contribution in [3.63, 3.8) is 0 Å². The van der Waals surface area contributed by atoms with Crippen LogP contribution >= 0.6 is 0 Å². The van der Waals surface area contributed by atoms with E-state index >= 15 is 0 Å². The van der Waals surface area contributed by atoms with E-state index in [1.54, 1.807) is 12.1 Å². The number of carbonyl (C=O) groups is 2. The van der Waals surface area contributed by atoms with Crippen LogP contribution in [-0.2, 0) is 11.2 Å². The molecule has 5 nitrogen and oxygen atoms in total. The van der Waals surface area contributed by atoms with Gasteiger partial charge < -0.3 is 14.7 Å². The number of aryl methyl sites for hydroxylation is 2. The molecule has 0 spiro atoms. The maximum Gasteiger partial charge on any atom is 0.341 e. The Kier molecular flexibility index (Phi) is 5.79. The normalized spacial score (nSPS) is 16.4. The second-order valence-corrected chi connectivity index (χ2v) is 7.22.